The van der Waals surface area contributed by atoms with Gasteiger partial charge in [-0.05, 0) is 6.92 Å². The molecule has 0 aromatic carbocycles. The third kappa shape index (κ3) is 2.00. The van der Waals surface area contributed by atoms with Crippen LogP contribution in [0.15, 0.2) is 21.1 Å². The van der Waals surface area contributed by atoms with Gasteiger partial charge in [-0.2, -0.15) is 0 Å². The molecular weight excluding hydrogens is 246 g/mol. The number of allylic oxidation sites excluding steroid dienone is 1. The number of fused-ring (bicyclic) bond motifs is 1. The summed E-state index contributed by atoms with van der Waals surface area (Å²) < 4.78 is 23.8. The number of hydrogen-bond donors (Lipinski definition) is 2. The summed E-state index contributed by atoms with van der Waals surface area (Å²) in [4.78, 5) is 11.7. The first kappa shape index (κ1) is 11.6. The summed E-state index contributed by atoms with van der Waals surface area (Å²) >= 11 is 0. The molecule has 1 unspecified atom stereocenters. The minimum absolute atomic E-state index is 0.0722. The molecule has 0 saturated heterocycles. The van der Waals surface area contributed by atoms with Crippen LogP contribution in [0.5, 0.6) is 0 Å². The van der Waals surface area contributed by atoms with E-state index in [1.54, 1.807) is 13.0 Å². The van der Waals surface area contributed by atoms with Crippen LogP contribution in [0, 0.1) is 0 Å². The highest BCUT2D eigenvalue weighted by molar-refractivity contribution is 7.91. The summed E-state index contributed by atoms with van der Waals surface area (Å²) in [6, 6.07) is 0. The molecule has 2 heterocycles. The van der Waals surface area contributed by atoms with Crippen molar-refractivity contribution in [2.75, 3.05) is 11.6 Å². The zero-order valence-corrected chi connectivity index (χ0v) is 10.0. The lowest BCUT2D eigenvalue weighted by atomic mass is 10.5. The lowest BCUT2D eigenvalue weighted by molar-refractivity contribution is 0.589. The molecule has 1 aliphatic heterocycles. The quantitative estimate of drug-likeness (QED) is 0.804. The Hall–Kier alpha value is -1.90. The molecule has 0 spiro atoms. The topological polar surface area (TPSA) is 109 Å². The number of nitrogens with zero attached hydrogens (tertiary/aromatic N) is 3. The Morgan fingerprint density at radius 3 is 2.76 bits per heavy atom. The minimum atomic E-state index is -3.41. The lowest BCUT2D eigenvalue weighted by Crippen LogP contribution is -2.28. The van der Waals surface area contributed by atoms with Gasteiger partial charge in [0, 0.05) is 12.5 Å². The van der Waals surface area contributed by atoms with E-state index in [1.165, 1.54) is 10.9 Å². The van der Waals surface area contributed by atoms with Gasteiger partial charge < -0.3 is 5.32 Å². The van der Waals surface area contributed by atoms with E-state index < -0.39 is 15.3 Å². The van der Waals surface area contributed by atoms with Crippen molar-refractivity contribution in [3.05, 3.63) is 16.4 Å². The molecule has 0 bridgehead atoms. The molecule has 0 aliphatic carbocycles. The van der Waals surface area contributed by atoms with Crippen molar-refractivity contribution in [1.29, 1.82) is 0 Å². The fourth-order valence-corrected chi connectivity index (χ4v) is 1.90. The summed E-state index contributed by atoms with van der Waals surface area (Å²) in [5, 5.41) is 12.5. The van der Waals surface area contributed by atoms with Crippen molar-refractivity contribution in [3.63, 3.8) is 0 Å². The molecule has 0 fully saturated rings. The first-order valence-corrected chi connectivity index (χ1v) is 6.72. The van der Waals surface area contributed by atoms with Crippen LogP contribution < -0.4 is 10.9 Å². The van der Waals surface area contributed by atoms with E-state index in [-0.39, 0.29) is 17.1 Å². The second-order valence-corrected chi connectivity index (χ2v) is 5.64. The Kier molecular flexibility index (Phi) is 2.62. The van der Waals surface area contributed by atoms with Gasteiger partial charge in [-0.15, -0.1) is 10.2 Å². The second-order valence-electron chi connectivity index (χ2n) is 3.53. The SMILES string of the molecule is CC=Cn1[nH]c2c(c1=O)N=NC(S(C)(=O)=O)N2. The molecule has 1 atom stereocenters. The lowest BCUT2D eigenvalue weighted by Gasteiger charge is -2.14. The van der Waals surface area contributed by atoms with Crippen molar-refractivity contribution in [1.82, 2.24) is 9.78 Å². The number of H-pyrrole nitrogens is 1. The fraction of sp³-hybridized carbons (Fsp3) is 0.375. The van der Waals surface area contributed by atoms with E-state index in [9.17, 15) is 13.2 Å². The predicted octanol–water partition coefficient (Wildman–Crippen LogP) is 0.504. The van der Waals surface area contributed by atoms with E-state index >= 15 is 0 Å². The normalized spacial score (nSPS) is 19.3. The number of nitrogens with one attached hydrogen (secondary N) is 2. The van der Waals surface area contributed by atoms with Crippen molar-refractivity contribution in [2.45, 2.75) is 12.4 Å². The fourth-order valence-electron chi connectivity index (χ4n) is 1.35. The average molecular weight is 257 g/mol. The van der Waals surface area contributed by atoms with Crippen LogP contribution in [-0.4, -0.2) is 30.0 Å². The van der Waals surface area contributed by atoms with Crippen LogP contribution in [0.3, 0.4) is 0 Å². The summed E-state index contributed by atoms with van der Waals surface area (Å²) in [6.07, 6.45) is 4.21. The van der Waals surface area contributed by atoms with Crippen molar-refractivity contribution in [3.8, 4) is 0 Å². The second kappa shape index (κ2) is 3.84. The maximum atomic E-state index is 11.7. The van der Waals surface area contributed by atoms with Crippen molar-refractivity contribution < 1.29 is 8.42 Å². The summed E-state index contributed by atoms with van der Waals surface area (Å²) in [7, 11) is -3.41. The molecule has 9 heteroatoms. The van der Waals surface area contributed by atoms with Crippen LogP contribution >= 0.6 is 0 Å². The van der Waals surface area contributed by atoms with Crippen LogP contribution in [-0.2, 0) is 9.84 Å². The average Bonchev–Trinajstić information content (AvgIpc) is 2.55. The number of rotatable bonds is 2. The van der Waals surface area contributed by atoms with Gasteiger partial charge in [0.2, 0.25) is 5.50 Å². The Balaban J connectivity index is 2.47. The Morgan fingerprint density at radius 2 is 2.18 bits per heavy atom. The van der Waals surface area contributed by atoms with Gasteiger partial charge in [0.25, 0.3) is 0 Å². The first-order chi connectivity index (χ1) is 7.93. The zero-order chi connectivity index (χ0) is 12.6. The summed E-state index contributed by atoms with van der Waals surface area (Å²) in [6.45, 7) is 1.75. The van der Waals surface area contributed by atoms with Gasteiger partial charge in [-0.25, -0.2) is 13.1 Å². The van der Waals surface area contributed by atoms with Crippen LogP contribution in [0.25, 0.3) is 6.20 Å². The van der Waals surface area contributed by atoms with Gasteiger partial charge in [-0.1, -0.05) is 6.08 Å². The molecule has 0 saturated carbocycles. The van der Waals surface area contributed by atoms with Gasteiger partial charge in [0.1, 0.15) is 0 Å². The maximum Gasteiger partial charge on any atom is 0.300 e. The molecule has 0 radical (unpaired) electrons. The molecular formula is C8H11N5O3S. The Bertz CT molecular complexity index is 651. The molecule has 1 aliphatic rings. The predicted molar refractivity (Wildman–Crippen MR) is 62.8 cm³/mol. The van der Waals surface area contributed by atoms with E-state index in [0.29, 0.717) is 0 Å². The van der Waals surface area contributed by atoms with Crippen LogP contribution in [0.4, 0.5) is 11.5 Å². The van der Waals surface area contributed by atoms with Crippen LogP contribution in [0.2, 0.25) is 0 Å². The standard InChI is InChI=1S/C8H11N5O3S/c1-3-4-13-7(14)5-6(12-13)9-8(11-10-5)17(2,15)16/h3-4,8-9,12H,1-2H3. The van der Waals surface area contributed by atoms with E-state index in [1.807, 2.05) is 0 Å². The number of aromatic amines is 1. The van der Waals surface area contributed by atoms with E-state index in [0.717, 1.165) is 6.26 Å². The van der Waals surface area contributed by atoms with Gasteiger partial charge in [-0.3, -0.25) is 9.89 Å². The molecule has 1 aromatic rings. The minimum Gasteiger partial charge on any atom is -0.333 e. The number of anilines is 1. The van der Waals surface area contributed by atoms with Gasteiger partial charge in [0.05, 0.1) is 0 Å². The Morgan fingerprint density at radius 1 is 1.47 bits per heavy atom. The summed E-state index contributed by atoms with van der Waals surface area (Å²) in [5.74, 6) is 0.249. The number of aromatic nitrogens is 2. The number of hydrogen-bond acceptors (Lipinski definition) is 6. The zero-order valence-electron chi connectivity index (χ0n) is 9.21. The van der Waals surface area contributed by atoms with E-state index in [2.05, 4.69) is 20.6 Å². The largest absolute Gasteiger partial charge is 0.333 e. The van der Waals surface area contributed by atoms with Crippen LogP contribution in [0.1, 0.15) is 6.92 Å². The molecule has 17 heavy (non-hydrogen) atoms. The smallest absolute Gasteiger partial charge is 0.300 e. The monoisotopic (exact) mass is 257 g/mol. The molecule has 1 aromatic heterocycles. The summed E-state index contributed by atoms with van der Waals surface area (Å²) in [5.41, 5.74) is -1.48. The van der Waals surface area contributed by atoms with Gasteiger partial charge in [0.15, 0.2) is 21.3 Å². The maximum absolute atomic E-state index is 11.7. The molecule has 8 nitrogen and oxygen atoms in total. The molecule has 0 amide bonds. The highest BCUT2D eigenvalue weighted by Gasteiger charge is 2.27. The number of sulfone groups is 1. The van der Waals surface area contributed by atoms with Crippen molar-refractivity contribution >= 4 is 27.5 Å². The Labute approximate surface area is 97.0 Å². The highest BCUT2D eigenvalue weighted by Crippen LogP contribution is 2.25. The van der Waals surface area contributed by atoms with E-state index in [4.69, 9.17) is 0 Å². The van der Waals surface area contributed by atoms with Gasteiger partial charge >= 0.3 is 5.56 Å². The molecule has 2 N–H and O–H groups in total. The molecule has 92 valence electrons. The number of azo groups is 1. The first-order valence-electron chi connectivity index (χ1n) is 4.77. The van der Waals surface area contributed by atoms with Crippen molar-refractivity contribution in [2.24, 2.45) is 10.2 Å². The third-order valence-corrected chi connectivity index (χ3v) is 3.15. The third-order valence-electron chi connectivity index (χ3n) is 2.12. The highest BCUT2D eigenvalue weighted by atomic mass is 32.2. The molecule has 2 rings (SSSR count).